The van der Waals surface area contributed by atoms with Gasteiger partial charge in [0, 0.05) is 30.9 Å². The fourth-order valence-corrected chi connectivity index (χ4v) is 3.50. The lowest BCUT2D eigenvalue weighted by molar-refractivity contribution is -0.125. The normalized spacial score (nSPS) is 12.9. The Morgan fingerprint density at radius 2 is 1.83 bits per heavy atom. The van der Waals surface area contributed by atoms with Gasteiger partial charge in [0.25, 0.3) is 0 Å². The smallest absolute Gasteiger partial charge is 0.246 e. The molecule has 0 unspecified atom stereocenters. The molecule has 1 aliphatic rings. The van der Waals surface area contributed by atoms with Crippen molar-refractivity contribution in [3.8, 4) is 17.2 Å². The van der Waals surface area contributed by atoms with E-state index >= 15 is 0 Å². The minimum absolute atomic E-state index is 0.0730. The lowest BCUT2D eigenvalue weighted by atomic mass is 10.1. The zero-order chi connectivity index (χ0) is 21.1. The number of aromatic nitrogens is 2. The molecule has 154 valence electrons. The first kappa shape index (κ1) is 19.8. The maximum absolute atomic E-state index is 12.7. The van der Waals surface area contributed by atoms with E-state index < -0.39 is 0 Å². The molecule has 3 aromatic rings. The molecule has 6 heteroatoms. The van der Waals surface area contributed by atoms with Gasteiger partial charge >= 0.3 is 0 Å². The number of ether oxygens (including phenoxy) is 2. The monoisotopic (exact) mass is 403 g/mol. The molecule has 0 saturated carbocycles. The van der Waals surface area contributed by atoms with Gasteiger partial charge in [0.2, 0.25) is 5.91 Å². The van der Waals surface area contributed by atoms with Crippen LogP contribution in [0.1, 0.15) is 22.5 Å². The summed E-state index contributed by atoms with van der Waals surface area (Å²) in [5, 5.41) is 4.66. The summed E-state index contributed by atoms with van der Waals surface area (Å²) in [6, 6.07) is 15.7. The molecule has 1 amide bonds. The van der Waals surface area contributed by atoms with Crippen molar-refractivity contribution in [2.45, 2.75) is 20.4 Å². The average molecular weight is 403 g/mol. The Hall–Kier alpha value is -3.54. The molecule has 0 fully saturated rings. The van der Waals surface area contributed by atoms with E-state index in [4.69, 9.17) is 9.47 Å². The van der Waals surface area contributed by atoms with Crippen molar-refractivity contribution < 1.29 is 14.3 Å². The number of nitrogens with zero attached hydrogens (tertiary/aromatic N) is 3. The molecule has 0 radical (unpaired) electrons. The van der Waals surface area contributed by atoms with Crippen LogP contribution in [0.3, 0.4) is 0 Å². The van der Waals surface area contributed by atoms with Gasteiger partial charge in [0.05, 0.1) is 11.4 Å². The van der Waals surface area contributed by atoms with Crippen molar-refractivity contribution in [2.24, 2.45) is 0 Å². The highest BCUT2D eigenvalue weighted by molar-refractivity contribution is 5.91. The number of fused-ring (bicyclic) bond motifs is 1. The summed E-state index contributed by atoms with van der Waals surface area (Å²) in [4.78, 5) is 14.4. The van der Waals surface area contributed by atoms with Crippen LogP contribution in [-0.2, 0) is 11.3 Å². The summed E-state index contributed by atoms with van der Waals surface area (Å²) in [5.41, 5.74) is 4.92. The third kappa shape index (κ3) is 4.08. The molecule has 1 aromatic heterocycles. The molecule has 6 nitrogen and oxygen atoms in total. The van der Waals surface area contributed by atoms with E-state index in [1.807, 2.05) is 67.1 Å². The van der Waals surface area contributed by atoms with E-state index in [9.17, 15) is 4.79 Å². The number of aryl methyl sites for hydroxylation is 1. The molecule has 2 aromatic carbocycles. The number of benzene rings is 2. The fraction of sp³-hybridized carbons (Fsp3) is 0.250. The lowest BCUT2D eigenvalue weighted by Crippen LogP contribution is -2.24. The van der Waals surface area contributed by atoms with Crippen LogP contribution in [0.25, 0.3) is 11.8 Å². The van der Waals surface area contributed by atoms with Gasteiger partial charge in [0.15, 0.2) is 11.5 Å². The van der Waals surface area contributed by atoms with Gasteiger partial charge in [-0.1, -0.05) is 24.3 Å². The van der Waals surface area contributed by atoms with Crippen LogP contribution in [0, 0.1) is 13.8 Å². The van der Waals surface area contributed by atoms with E-state index in [2.05, 4.69) is 5.10 Å². The highest BCUT2D eigenvalue weighted by atomic mass is 16.6. The summed E-state index contributed by atoms with van der Waals surface area (Å²) in [6.07, 6.45) is 3.38. The maximum atomic E-state index is 12.7. The molecule has 0 spiro atoms. The summed E-state index contributed by atoms with van der Waals surface area (Å²) in [5.74, 6) is 1.38. The Balaban J connectivity index is 1.46. The van der Waals surface area contributed by atoms with Crippen LogP contribution < -0.4 is 9.47 Å². The summed E-state index contributed by atoms with van der Waals surface area (Å²) < 4.78 is 13.1. The molecule has 0 saturated heterocycles. The number of hydrogen-bond acceptors (Lipinski definition) is 4. The third-order valence-electron chi connectivity index (χ3n) is 5.20. The summed E-state index contributed by atoms with van der Waals surface area (Å²) in [7, 11) is 1.80. The molecule has 0 bridgehead atoms. The van der Waals surface area contributed by atoms with Gasteiger partial charge < -0.3 is 14.4 Å². The lowest BCUT2D eigenvalue weighted by Gasteiger charge is -2.18. The van der Waals surface area contributed by atoms with Gasteiger partial charge in [-0.3, -0.25) is 4.79 Å². The van der Waals surface area contributed by atoms with Crippen molar-refractivity contribution >= 4 is 12.0 Å². The molecular weight excluding hydrogens is 378 g/mol. The van der Waals surface area contributed by atoms with Crippen molar-refractivity contribution in [2.75, 3.05) is 20.3 Å². The minimum atomic E-state index is -0.0730. The molecule has 4 rings (SSSR count). The summed E-state index contributed by atoms with van der Waals surface area (Å²) >= 11 is 0. The highest BCUT2D eigenvalue weighted by Crippen LogP contribution is 2.31. The second kappa shape index (κ2) is 8.45. The quantitative estimate of drug-likeness (QED) is 0.606. The predicted molar refractivity (Wildman–Crippen MR) is 116 cm³/mol. The van der Waals surface area contributed by atoms with Crippen LogP contribution in [-0.4, -0.2) is 40.8 Å². The van der Waals surface area contributed by atoms with Crippen molar-refractivity contribution in [3.05, 3.63) is 77.1 Å². The first-order valence-corrected chi connectivity index (χ1v) is 9.96. The minimum Gasteiger partial charge on any atom is -0.486 e. The van der Waals surface area contributed by atoms with Gasteiger partial charge in [-0.25, -0.2) is 4.68 Å². The second-order valence-electron chi connectivity index (χ2n) is 7.33. The zero-order valence-corrected chi connectivity index (χ0v) is 17.5. The number of rotatable bonds is 5. The molecule has 1 aliphatic heterocycles. The number of likely N-dealkylation sites (N-methyl/N-ethyl adjacent to an activating group) is 1. The van der Waals surface area contributed by atoms with E-state index in [0.717, 1.165) is 34.0 Å². The second-order valence-corrected chi connectivity index (χ2v) is 7.33. The van der Waals surface area contributed by atoms with E-state index in [0.29, 0.717) is 25.5 Å². The Bertz CT molecular complexity index is 1090. The molecule has 0 N–H and O–H groups in total. The number of carbonyl (C=O) groups excluding carboxylic acids is 1. The van der Waals surface area contributed by atoms with Crippen LogP contribution in [0.5, 0.6) is 11.5 Å². The van der Waals surface area contributed by atoms with Crippen LogP contribution in [0.4, 0.5) is 0 Å². The number of hydrogen-bond donors (Lipinski definition) is 0. The largest absolute Gasteiger partial charge is 0.486 e. The third-order valence-corrected chi connectivity index (χ3v) is 5.20. The molecule has 0 atom stereocenters. The molecule has 2 heterocycles. The number of para-hydroxylation sites is 1. The van der Waals surface area contributed by atoms with Gasteiger partial charge in [-0.15, -0.1) is 0 Å². The standard InChI is InChI=1S/C24H25N3O3/c1-17-21(18(2)27(25-17)20-7-5-4-6-8-20)16-26(3)24(28)12-10-19-9-11-22-23(15-19)30-14-13-29-22/h4-12,15H,13-14,16H2,1-3H3. The predicted octanol–water partition coefficient (Wildman–Crippen LogP) is 3.93. The van der Waals surface area contributed by atoms with Crippen molar-refractivity contribution in [3.63, 3.8) is 0 Å². The Kier molecular flexibility index (Phi) is 5.57. The Morgan fingerprint density at radius 1 is 1.10 bits per heavy atom. The van der Waals surface area contributed by atoms with Crippen LogP contribution in [0.2, 0.25) is 0 Å². The first-order valence-electron chi connectivity index (χ1n) is 9.96. The van der Waals surface area contributed by atoms with E-state index in [1.165, 1.54) is 0 Å². The van der Waals surface area contributed by atoms with E-state index in [-0.39, 0.29) is 5.91 Å². The highest BCUT2D eigenvalue weighted by Gasteiger charge is 2.16. The molecule has 30 heavy (non-hydrogen) atoms. The topological polar surface area (TPSA) is 56.6 Å². The van der Waals surface area contributed by atoms with Gasteiger partial charge in [-0.2, -0.15) is 5.10 Å². The molecular formula is C24H25N3O3. The van der Waals surface area contributed by atoms with Gasteiger partial charge in [-0.05, 0) is 49.8 Å². The first-order chi connectivity index (χ1) is 14.5. The maximum Gasteiger partial charge on any atom is 0.246 e. The average Bonchev–Trinajstić information content (AvgIpc) is 3.06. The fourth-order valence-electron chi connectivity index (χ4n) is 3.50. The Labute approximate surface area is 176 Å². The van der Waals surface area contributed by atoms with Crippen LogP contribution in [0.15, 0.2) is 54.6 Å². The Morgan fingerprint density at radius 3 is 2.60 bits per heavy atom. The van der Waals surface area contributed by atoms with Crippen LogP contribution >= 0.6 is 0 Å². The zero-order valence-electron chi connectivity index (χ0n) is 17.5. The van der Waals surface area contributed by atoms with Crippen molar-refractivity contribution in [1.29, 1.82) is 0 Å². The van der Waals surface area contributed by atoms with E-state index in [1.54, 1.807) is 24.1 Å². The summed E-state index contributed by atoms with van der Waals surface area (Å²) in [6.45, 7) is 5.61. The van der Waals surface area contributed by atoms with Gasteiger partial charge in [0.1, 0.15) is 13.2 Å². The van der Waals surface area contributed by atoms with Crippen molar-refractivity contribution in [1.82, 2.24) is 14.7 Å². The molecule has 0 aliphatic carbocycles. The number of carbonyl (C=O) groups is 1. The SMILES string of the molecule is Cc1nn(-c2ccccc2)c(C)c1CN(C)C(=O)C=Cc1ccc2c(c1)OCCO2. The number of amides is 1.